The molecule has 0 fully saturated rings. The molecule has 0 unspecified atom stereocenters. The topological polar surface area (TPSA) is 24.1 Å². The lowest BCUT2D eigenvalue weighted by Crippen LogP contribution is -2.36. The van der Waals surface area contributed by atoms with E-state index in [1.54, 1.807) is 5.56 Å². The van der Waals surface area contributed by atoms with Gasteiger partial charge in [-0.05, 0) is 50.4 Å². The molecule has 2 rings (SSSR count). The SMILES string of the molecule is CC(C)(C)NCc1cccc2c1CCNC2. The molecule has 0 aliphatic carbocycles. The van der Waals surface area contributed by atoms with Crippen molar-refractivity contribution in [1.82, 2.24) is 10.6 Å². The Morgan fingerprint density at radius 2 is 2.12 bits per heavy atom. The molecular weight excluding hydrogens is 196 g/mol. The molecule has 0 saturated carbocycles. The molecule has 1 aromatic rings. The van der Waals surface area contributed by atoms with E-state index in [2.05, 4.69) is 49.6 Å². The van der Waals surface area contributed by atoms with Gasteiger partial charge in [-0.3, -0.25) is 0 Å². The molecule has 1 heterocycles. The second kappa shape index (κ2) is 4.56. The smallest absolute Gasteiger partial charge is 0.0213 e. The molecule has 1 aromatic carbocycles. The number of rotatable bonds is 2. The molecule has 88 valence electrons. The normalized spacial score (nSPS) is 15.9. The highest BCUT2D eigenvalue weighted by Crippen LogP contribution is 2.19. The monoisotopic (exact) mass is 218 g/mol. The fourth-order valence-corrected chi connectivity index (χ4v) is 2.14. The number of fused-ring (bicyclic) bond motifs is 1. The van der Waals surface area contributed by atoms with Crippen LogP contribution in [0.1, 0.15) is 37.5 Å². The quantitative estimate of drug-likeness (QED) is 0.795. The Kier molecular flexibility index (Phi) is 3.31. The van der Waals surface area contributed by atoms with E-state index in [1.165, 1.54) is 11.1 Å². The van der Waals surface area contributed by atoms with E-state index < -0.39 is 0 Å². The molecule has 0 aromatic heterocycles. The van der Waals surface area contributed by atoms with Crippen molar-refractivity contribution in [3.05, 3.63) is 34.9 Å². The minimum atomic E-state index is 0.190. The van der Waals surface area contributed by atoms with Gasteiger partial charge < -0.3 is 10.6 Å². The van der Waals surface area contributed by atoms with Crippen LogP contribution in [-0.4, -0.2) is 12.1 Å². The van der Waals surface area contributed by atoms with Gasteiger partial charge in [0.05, 0.1) is 0 Å². The Balaban J connectivity index is 2.15. The van der Waals surface area contributed by atoms with Crippen LogP contribution in [0.3, 0.4) is 0 Å². The van der Waals surface area contributed by atoms with Crippen LogP contribution in [0, 0.1) is 0 Å². The Hall–Kier alpha value is -0.860. The summed E-state index contributed by atoms with van der Waals surface area (Å²) in [6.45, 7) is 9.75. The molecule has 16 heavy (non-hydrogen) atoms. The Labute approximate surface area is 98.4 Å². The zero-order valence-corrected chi connectivity index (χ0v) is 10.6. The second-order valence-electron chi connectivity index (χ2n) is 5.59. The van der Waals surface area contributed by atoms with E-state index in [9.17, 15) is 0 Å². The van der Waals surface area contributed by atoms with Crippen LogP contribution in [0.15, 0.2) is 18.2 Å². The van der Waals surface area contributed by atoms with Gasteiger partial charge in [-0.2, -0.15) is 0 Å². The molecule has 1 aliphatic heterocycles. The maximum absolute atomic E-state index is 3.57. The summed E-state index contributed by atoms with van der Waals surface area (Å²) in [5, 5.41) is 6.99. The van der Waals surface area contributed by atoms with Crippen LogP contribution in [0.2, 0.25) is 0 Å². The van der Waals surface area contributed by atoms with E-state index in [1.807, 2.05) is 0 Å². The highest BCUT2D eigenvalue weighted by molar-refractivity contribution is 5.37. The molecule has 0 atom stereocenters. The third-order valence-corrected chi connectivity index (χ3v) is 3.05. The molecule has 0 spiro atoms. The summed E-state index contributed by atoms with van der Waals surface area (Å²) in [7, 11) is 0. The predicted octanol–water partition coefficient (Wildman–Crippen LogP) is 2.22. The Bertz CT molecular complexity index is 363. The largest absolute Gasteiger partial charge is 0.312 e. The van der Waals surface area contributed by atoms with Crippen molar-refractivity contribution >= 4 is 0 Å². The minimum absolute atomic E-state index is 0.190. The van der Waals surface area contributed by atoms with Gasteiger partial charge in [-0.25, -0.2) is 0 Å². The van der Waals surface area contributed by atoms with Gasteiger partial charge in [0.25, 0.3) is 0 Å². The predicted molar refractivity (Wildman–Crippen MR) is 68.4 cm³/mol. The zero-order valence-electron chi connectivity index (χ0n) is 10.6. The maximum Gasteiger partial charge on any atom is 0.0213 e. The second-order valence-corrected chi connectivity index (χ2v) is 5.59. The van der Waals surface area contributed by atoms with E-state index in [4.69, 9.17) is 0 Å². The molecule has 2 N–H and O–H groups in total. The molecular formula is C14H22N2. The summed E-state index contributed by atoms with van der Waals surface area (Å²) in [6.07, 6.45) is 1.16. The first kappa shape index (κ1) is 11.6. The van der Waals surface area contributed by atoms with Crippen LogP contribution in [0.25, 0.3) is 0 Å². The number of hydrogen-bond acceptors (Lipinski definition) is 2. The first-order valence-electron chi connectivity index (χ1n) is 6.12. The summed E-state index contributed by atoms with van der Waals surface area (Å²) in [6, 6.07) is 6.66. The standard InChI is InChI=1S/C14H22N2/c1-14(2,3)16-10-12-6-4-5-11-9-15-8-7-13(11)12/h4-6,15-16H,7-10H2,1-3H3. The van der Waals surface area contributed by atoms with Gasteiger partial charge in [0.1, 0.15) is 0 Å². The average molecular weight is 218 g/mol. The van der Waals surface area contributed by atoms with Gasteiger partial charge in [0.15, 0.2) is 0 Å². The van der Waals surface area contributed by atoms with Crippen molar-refractivity contribution in [1.29, 1.82) is 0 Å². The third kappa shape index (κ3) is 2.83. The van der Waals surface area contributed by atoms with Crippen LogP contribution in [0.4, 0.5) is 0 Å². The van der Waals surface area contributed by atoms with Crippen molar-refractivity contribution < 1.29 is 0 Å². The first-order chi connectivity index (χ1) is 7.56. The highest BCUT2D eigenvalue weighted by Gasteiger charge is 2.14. The van der Waals surface area contributed by atoms with Crippen LogP contribution < -0.4 is 10.6 Å². The van der Waals surface area contributed by atoms with Crippen molar-refractivity contribution in [2.24, 2.45) is 0 Å². The van der Waals surface area contributed by atoms with E-state index in [0.717, 1.165) is 26.1 Å². The van der Waals surface area contributed by atoms with Gasteiger partial charge >= 0.3 is 0 Å². The van der Waals surface area contributed by atoms with Gasteiger partial charge in [-0.1, -0.05) is 18.2 Å². The number of benzene rings is 1. The Morgan fingerprint density at radius 1 is 1.31 bits per heavy atom. The molecule has 0 radical (unpaired) electrons. The lowest BCUT2D eigenvalue weighted by Gasteiger charge is -2.24. The summed E-state index contributed by atoms with van der Waals surface area (Å²) in [5.74, 6) is 0. The minimum Gasteiger partial charge on any atom is -0.312 e. The fraction of sp³-hybridized carbons (Fsp3) is 0.571. The summed E-state index contributed by atoms with van der Waals surface area (Å²) < 4.78 is 0. The molecule has 1 aliphatic rings. The fourth-order valence-electron chi connectivity index (χ4n) is 2.14. The lowest BCUT2D eigenvalue weighted by atomic mass is 9.95. The summed E-state index contributed by atoms with van der Waals surface area (Å²) in [5.41, 5.74) is 4.68. The van der Waals surface area contributed by atoms with Crippen molar-refractivity contribution in [3.8, 4) is 0 Å². The number of hydrogen-bond donors (Lipinski definition) is 2. The molecule has 0 saturated heterocycles. The lowest BCUT2D eigenvalue weighted by molar-refractivity contribution is 0.422. The van der Waals surface area contributed by atoms with Crippen molar-refractivity contribution in [2.45, 2.75) is 45.8 Å². The van der Waals surface area contributed by atoms with Crippen LogP contribution in [0.5, 0.6) is 0 Å². The highest BCUT2D eigenvalue weighted by atomic mass is 14.9. The molecule has 2 heteroatoms. The Morgan fingerprint density at radius 3 is 2.88 bits per heavy atom. The maximum atomic E-state index is 3.57. The van der Waals surface area contributed by atoms with Crippen LogP contribution >= 0.6 is 0 Å². The third-order valence-electron chi connectivity index (χ3n) is 3.05. The van der Waals surface area contributed by atoms with E-state index in [-0.39, 0.29) is 5.54 Å². The molecule has 0 amide bonds. The van der Waals surface area contributed by atoms with Crippen LogP contribution in [-0.2, 0) is 19.5 Å². The van der Waals surface area contributed by atoms with Gasteiger partial charge in [0, 0.05) is 18.6 Å². The average Bonchev–Trinajstić information content (AvgIpc) is 2.25. The van der Waals surface area contributed by atoms with Gasteiger partial charge in [-0.15, -0.1) is 0 Å². The van der Waals surface area contributed by atoms with Crippen molar-refractivity contribution in [3.63, 3.8) is 0 Å². The zero-order chi connectivity index (χ0) is 11.6. The van der Waals surface area contributed by atoms with Gasteiger partial charge in [0.2, 0.25) is 0 Å². The first-order valence-corrected chi connectivity index (χ1v) is 6.12. The molecule has 0 bridgehead atoms. The van der Waals surface area contributed by atoms with E-state index in [0.29, 0.717) is 0 Å². The van der Waals surface area contributed by atoms with Crippen molar-refractivity contribution in [2.75, 3.05) is 6.54 Å². The van der Waals surface area contributed by atoms with E-state index >= 15 is 0 Å². The summed E-state index contributed by atoms with van der Waals surface area (Å²) >= 11 is 0. The molecule has 2 nitrogen and oxygen atoms in total. The number of nitrogens with one attached hydrogen (secondary N) is 2. The summed E-state index contributed by atoms with van der Waals surface area (Å²) in [4.78, 5) is 0.